The number of carbonyl (C=O) groups excluding carboxylic acids is 1. The molecule has 2 aliphatic heterocycles. The van der Waals surface area contributed by atoms with E-state index in [-0.39, 0.29) is 53.2 Å². The van der Waals surface area contributed by atoms with Crippen molar-refractivity contribution < 1.29 is 37.6 Å². The monoisotopic (exact) mass is 757 g/mol. The van der Waals surface area contributed by atoms with Crippen LogP contribution in [-0.4, -0.2) is 88.9 Å². The molecule has 0 bridgehead atoms. The van der Waals surface area contributed by atoms with Crippen molar-refractivity contribution in [2.24, 2.45) is 11.3 Å². The lowest BCUT2D eigenvalue weighted by Gasteiger charge is -2.38. The summed E-state index contributed by atoms with van der Waals surface area (Å²) in [4.78, 5) is 30.4. The SMILES string of the molecule is C#Cc1c(F)ccc2cc(OCOC)cc(-c3ncc4c(N5CCC[C@@](C)(O)C5)nc(OCC5(CC6CCN(C(=O)OC(C)(C)C)CC6)CC5)nc4c3F)c12. The predicted octanol–water partition coefficient (Wildman–Crippen LogP) is 7.63. The highest BCUT2D eigenvalue weighted by Gasteiger charge is 2.46. The molecule has 2 aromatic heterocycles. The van der Waals surface area contributed by atoms with E-state index in [0.717, 1.165) is 32.1 Å². The van der Waals surface area contributed by atoms with E-state index in [9.17, 15) is 9.90 Å². The predicted molar refractivity (Wildman–Crippen MR) is 205 cm³/mol. The summed E-state index contributed by atoms with van der Waals surface area (Å²) in [7, 11) is 1.49. The number of β-amino-alcohol motifs (C(OH)–C–C–N with tert-alkyl or cyclic N) is 1. The molecular weight excluding hydrogens is 708 g/mol. The summed E-state index contributed by atoms with van der Waals surface area (Å²) < 4.78 is 55.0. The third-order valence-corrected chi connectivity index (χ3v) is 10.9. The number of anilines is 1. The minimum atomic E-state index is -0.975. The van der Waals surface area contributed by atoms with Crippen molar-refractivity contribution in [2.75, 3.05) is 51.6 Å². The maximum atomic E-state index is 17.1. The topological polar surface area (TPSA) is 119 Å². The number of hydrogen-bond donors (Lipinski definition) is 1. The first-order chi connectivity index (χ1) is 26.2. The van der Waals surface area contributed by atoms with Crippen LogP contribution in [0.1, 0.15) is 78.2 Å². The van der Waals surface area contributed by atoms with Crippen LogP contribution in [0.5, 0.6) is 11.8 Å². The number of ether oxygens (including phenoxy) is 4. The molecule has 4 aromatic rings. The largest absolute Gasteiger partial charge is 0.468 e. The van der Waals surface area contributed by atoms with E-state index in [1.807, 2.05) is 25.7 Å². The lowest BCUT2D eigenvalue weighted by molar-refractivity contribution is 0.0169. The molecule has 0 radical (unpaired) electrons. The summed E-state index contributed by atoms with van der Waals surface area (Å²) in [5, 5.41) is 12.2. The number of likely N-dealkylation sites (tertiary alicyclic amines) is 1. The molecule has 55 heavy (non-hydrogen) atoms. The number of hydrogen-bond acceptors (Lipinski definition) is 10. The van der Waals surface area contributed by atoms with Gasteiger partial charge in [0.2, 0.25) is 0 Å². The second kappa shape index (κ2) is 15.0. The molecule has 2 saturated heterocycles. The van der Waals surface area contributed by atoms with Crippen molar-refractivity contribution in [3.8, 4) is 35.4 Å². The minimum Gasteiger partial charge on any atom is -0.468 e. The Labute approximate surface area is 320 Å². The zero-order valence-electron chi connectivity index (χ0n) is 32.2. The van der Waals surface area contributed by atoms with E-state index in [1.54, 1.807) is 30.0 Å². The molecule has 1 N–H and O–H groups in total. The zero-order chi connectivity index (χ0) is 39.1. The molecule has 0 unspecified atom stereocenters. The van der Waals surface area contributed by atoms with Crippen molar-refractivity contribution in [1.82, 2.24) is 19.9 Å². The number of terminal acetylenes is 1. The standard InChI is InChI=1S/C42H49F2N5O6/c1-7-29-32(43)10-9-27-19-28(54-25-52-6)20-30(33(27)29)35-34(44)36-31(22-45-35)37(49-16-8-13-41(5,51)23-49)47-38(46-36)53-24-42(14-15-42)21-26-11-17-48(18-12-26)39(50)55-40(2,3)4/h1,9-10,19-20,22,26,51H,8,11-18,21,23-25H2,2-6H3/t41-/m1/s1. The number of nitrogens with zero attached hydrogens (tertiary/aromatic N) is 5. The average molecular weight is 758 g/mol. The number of aliphatic hydroxyl groups is 1. The number of benzene rings is 2. The first kappa shape index (κ1) is 38.5. The van der Waals surface area contributed by atoms with E-state index >= 15 is 8.78 Å². The van der Waals surface area contributed by atoms with E-state index in [2.05, 4.69) is 15.9 Å². The van der Waals surface area contributed by atoms with Crippen LogP contribution in [0.4, 0.5) is 19.4 Å². The third kappa shape index (κ3) is 8.40. The molecule has 1 amide bonds. The summed E-state index contributed by atoms with van der Waals surface area (Å²) >= 11 is 0. The van der Waals surface area contributed by atoms with Gasteiger partial charge < -0.3 is 33.9 Å². The number of rotatable bonds is 10. The fourth-order valence-electron chi connectivity index (χ4n) is 7.93. The van der Waals surface area contributed by atoms with Crippen LogP contribution >= 0.6 is 0 Å². The minimum absolute atomic E-state index is 0.0205. The number of carbonyl (C=O) groups is 1. The Kier molecular flexibility index (Phi) is 10.5. The average Bonchev–Trinajstić information content (AvgIpc) is 3.91. The van der Waals surface area contributed by atoms with Crippen molar-refractivity contribution in [3.05, 3.63) is 47.7 Å². The second-order valence-electron chi connectivity index (χ2n) is 16.6. The van der Waals surface area contributed by atoms with E-state index in [4.69, 9.17) is 30.4 Å². The van der Waals surface area contributed by atoms with Gasteiger partial charge in [-0.3, -0.25) is 4.98 Å². The summed E-state index contributed by atoms with van der Waals surface area (Å²) in [5.74, 6) is 2.24. The van der Waals surface area contributed by atoms with Crippen LogP contribution in [0, 0.1) is 35.3 Å². The van der Waals surface area contributed by atoms with Crippen LogP contribution in [0.2, 0.25) is 0 Å². The Bertz CT molecular complexity index is 2140. The Morgan fingerprint density at radius 2 is 1.85 bits per heavy atom. The van der Waals surface area contributed by atoms with Crippen LogP contribution in [0.15, 0.2) is 30.5 Å². The van der Waals surface area contributed by atoms with Crippen molar-refractivity contribution in [1.29, 1.82) is 0 Å². The lowest BCUT2D eigenvalue weighted by Crippen LogP contribution is -2.46. The molecule has 3 fully saturated rings. The highest BCUT2D eigenvalue weighted by molar-refractivity contribution is 6.03. The second-order valence-corrected chi connectivity index (χ2v) is 16.6. The van der Waals surface area contributed by atoms with Gasteiger partial charge in [0.25, 0.3) is 0 Å². The van der Waals surface area contributed by atoms with Gasteiger partial charge in [0.05, 0.1) is 23.2 Å². The van der Waals surface area contributed by atoms with Crippen molar-refractivity contribution in [2.45, 2.75) is 83.8 Å². The molecule has 3 aliphatic rings. The third-order valence-electron chi connectivity index (χ3n) is 10.9. The molecule has 7 rings (SSSR count). The number of fused-ring (bicyclic) bond motifs is 2. The van der Waals surface area contributed by atoms with Crippen LogP contribution < -0.4 is 14.4 Å². The first-order valence-electron chi connectivity index (χ1n) is 19.0. The number of halogens is 2. The fraction of sp³-hybridized carbons (Fsp3) is 0.524. The lowest BCUT2D eigenvalue weighted by atomic mass is 9.86. The Morgan fingerprint density at radius 3 is 2.53 bits per heavy atom. The van der Waals surface area contributed by atoms with E-state index in [0.29, 0.717) is 72.7 Å². The van der Waals surface area contributed by atoms with Gasteiger partial charge >= 0.3 is 12.1 Å². The molecule has 1 saturated carbocycles. The molecule has 2 aromatic carbocycles. The Hall–Kier alpha value is -4.80. The number of aromatic nitrogens is 3. The zero-order valence-corrected chi connectivity index (χ0v) is 32.2. The van der Waals surface area contributed by atoms with Gasteiger partial charge in [0, 0.05) is 55.9 Å². The Balaban J connectivity index is 1.21. The number of amides is 1. The van der Waals surface area contributed by atoms with Gasteiger partial charge in [0.15, 0.2) is 12.6 Å². The quantitative estimate of drug-likeness (QED) is 0.128. The summed E-state index contributed by atoms with van der Waals surface area (Å²) in [6.07, 6.45) is 13.0. The van der Waals surface area contributed by atoms with Gasteiger partial charge in [-0.2, -0.15) is 9.97 Å². The molecule has 11 nitrogen and oxygen atoms in total. The number of piperidine rings is 2. The molecule has 1 atom stereocenters. The van der Waals surface area contributed by atoms with Crippen molar-refractivity contribution >= 4 is 33.6 Å². The van der Waals surface area contributed by atoms with Gasteiger partial charge in [-0.05, 0) is 102 Å². The molecule has 0 spiro atoms. The maximum absolute atomic E-state index is 17.1. The number of methoxy groups -OCH3 is 1. The molecule has 4 heterocycles. The van der Waals surface area contributed by atoms with E-state index in [1.165, 1.54) is 19.4 Å². The van der Waals surface area contributed by atoms with Crippen molar-refractivity contribution in [3.63, 3.8) is 0 Å². The molecule has 13 heteroatoms. The number of pyridine rings is 1. The first-order valence-corrected chi connectivity index (χ1v) is 19.0. The van der Waals surface area contributed by atoms with Crippen LogP contribution in [0.3, 0.4) is 0 Å². The summed E-state index contributed by atoms with van der Waals surface area (Å²) in [5.41, 5.74) is -1.50. The van der Waals surface area contributed by atoms with Crippen LogP contribution in [-0.2, 0) is 9.47 Å². The van der Waals surface area contributed by atoms with Gasteiger partial charge in [0.1, 0.15) is 34.2 Å². The fourth-order valence-corrected chi connectivity index (χ4v) is 7.93. The smallest absolute Gasteiger partial charge is 0.410 e. The molecular formula is C42H49F2N5O6. The van der Waals surface area contributed by atoms with Gasteiger partial charge in [-0.1, -0.05) is 12.0 Å². The van der Waals surface area contributed by atoms with Crippen LogP contribution in [0.25, 0.3) is 32.9 Å². The van der Waals surface area contributed by atoms with Gasteiger partial charge in [-0.25, -0.2) is 13.6 Å². The van der Waals surface area contributed by atoms with E-state index < -0.39 is 22.8 Å². The highest BCUT2D eigenvalue weighted by Crippen LogP contribution is 2.52. The summed E-state index contributed by atoms with van der Waals surface area (Å²) in [6, 6.07) is 6.09. The summed E-state index contributed by atoms with van der Waals surface area (Å²) in [6.45, 7) is 9.84. The maximum Gasteiger partial charge on any atom is 0.410 e. The van der Waals surface area contributed by atoms with Gasteiger partial charge in [-0.15, -0.1) is 6.42 Å². The Morgan fingerprint density at radius 1 is 1.09 bits per heavy atom. The molecule has 1 aliphatic carbocycles. The normalized spacial score (nSPS) is 20.1. The highest BCUT2D eigenvalue weighted by atomic mass is 19.1. The molecule has 292 valence electrons.